The van der Waals surface area contributed by atoms with Gasteiger partial charge in [0.05, 0.1) is 7.11 Å². The van der Waals surface area contributed by atoms with Gasteiger partial charge < -0.3 is 15.2 Å². The number of rotatable bonds is 4. The Morgan fingerprint density at radius 1 is 1.47 bits per heavy atom. The monoisotopic (exact) mass is 281 g/mol. The molecule has 1 heterocycles. The number of ether oxygens (including phenoxy) is 1. The minimum Gasteiger partial charge on any atom is -0.497 e. The lowest BCUT2D eigenvalue weighted by atomic mass is 9.98. The number of benzene rings is 1. The van der Waals surface area contributed by atoms with Crippen molar-refractivity contribution >= 4 is 23.6 Å². The summed E-state index contributed by atoms with van der Waals surface area (Å²) in [7, 11) is 1.52. The van der Waals surface area contributed by atoms with Crippen LogP contribution >= 0.6 is 11.8 Å². The average molecular weight is 281 g/mol. The fourth-order valence-electron chi connectivity index (χ4n) is 1.94. The lowest BCUT2D eigenvalue weighted by molar-refractivity contribution is -0.143. The predicted molar refractivity (Wildman–Crippen MR) is 72.8 cm³/mol. The molecule has 1 amide bonds. The standard InChI is InChI=1S/C13H15NO4S/c1-18-10-4-2-3-9(7-10)11(15)14-13(12(16)17)5-6-19-8-13/h2-4,7H,5-6,8H2,1H3,(H,14,15)(H,16,17)/t13-/m0/s1. The number of carbonyl (C=O) groups excluding carboxylic acids is 1. The molecule has 1 aromatic rings. The largest absolute Gasteiger partial charge is 0.497 e. The third-order valence-electron chi connectivity index (χ3n) is 3.12. The number of aliphatic carboxylic acids is 1. The van der Waals surface area contributed by atoms with Crippen LogP contribution in [0.1, 0.15) is 16.8 Å². The van der Waals surface area contributed by atoms with Gasteiger partial charge in [0, 0.05) is 11.3 Å². The Balaban J connectivity index is 2.17. The van der Waals surface area contributed by atoms with E-state index in [1.54, 1.807) is 24.3 Å². The van der Waals surface area contributed by atoms with E-state index in [1.807, 2.05) is 0 Å². The Labute approximate surface area is 115 Å². The van der Waals surface area contributed by atoms with Crippen LogP contribution in [0.15, 0.2) is 24.3 Å². The summed E-state index contributed by atoms with van der Waals surface area (Å²) in [5.41, 5.74) is -0.748. The van der Waals surface area contributed by atoms with E-state index < -0.39 is 11.5 Å². The molecule has 0 saturated carbocycles. The molecule has 1 fully saturated rings. The third kappa shape index (κ3) is 2.84. The number of hydrogen-bond donors (Lipinski definition) is 2. The highest BCUT2D eigenvalue weighted by Crippen LogP contribution is 2.28. The van der Waals surface area contributed by atoms with Crippen LogP contribution < -0.4 is 10.1 Å². The van der Waals surface area contributed by atoms with Crippen LogP contribution in [-0.2, 0) is 4.79 Å². The molecule has 0 aromatic heterocycles. The SMILES string of the molecule is COc1cccc(C(=O)N[C@@]2(C(=O)O)CCSC2)c1. The van der Waals surface area contributed by atoms with Crippen molar-refractivity contribution in [3.05, 3.63) is 29.8 Å². The molecule has 1 aliphatic rings. The van der Waals surface area contributed by atoms with Crippen molar-refractivity contribution in [1.29, 1.82) is 0 Å². The van der Waals surface area contributed by atoms with Crippen LogP contribution in [0.2, 0.25) is 0 Å². The van der Waals surface area contributed by atoms with Gasteiger partial charge in [-0.25, -0.2) is 4.79 Å². The van der Waals surface area contributed by atoms with E-state index in [0.29, 0.717) is 23.5 Å². The molecule has 1 aliphatic heterocycles. The number of carboxylic acid groups (broad SMARTS) is 1. The molecule has 2 rings (SSSR count). The number of methoxy groups -OCH3 is 1. The van der Waals surface area contributed by atoms with Crippen LogP contribution in [0, 0.1) is 0 Å². The highest BCUT2D eigenvalue weighted by molar-refractivity contribution is 7.99. The van der Waals surface area contributed by atoms with E-state index in [-0.39, 0.29) is 5.91 Å². The van der Waals surface area contributed by atoms with Crippen molar-refractivity contribution in [2.75, 3.05) is 18.6 Å². The lowest BCUT2D eigenvalue weighted by Gasteiger charge is -2.24. The van der Waals surface area contributed by atoms with Gasteiger partial charge in [-0.1, -0.05) is 6.07 Å². The Morgan fingerprint density at radius 2 is 2.26 bits per heavy atom. The van der Waals surface area contributed by atoms with Gasteiger partial charge in [-0.15, -0.1) is 0 Å². The Bertz CT molecular complexity index is 497. The first-order valence-electron chi connectivity index (χ1n) is 5.85. The van der Waals surface area contributed by atoms with Crippen LogP contribution in [0.5, 0.6) is 5.75 Å². The minimum atomic E-state index is -1.15. The maximum absolute atomic E-state index is 12.1. The summed E-state index contributed by atoms with van der Waals surface area (Å²) in [5, 5.41) is 12.0. The second-order valence-corrected chi connectivity index (χ2v) is 5.48. The van der Waals surface area contributed by atoms with Crippen molar-refractivity contribution in [1.82, 2.24) is 5.32 Å². The van der Waals surface area contributed by atoms with Crippen LogP contribution in [0.25, 0.3) is 0 Å². The molecule has 0 spiro atoms. The van der Waals surface area contributed by atoms with Gasteiger partial charge in [-0.05, 0) is 30.4 Å². The molecule has 1 saturated heterocycles. The predicted octanol–water partition coefficient (Wildman–Crippen LogP) is 1.39. The number of carbonyl (C=O) groups is 2. The van der Waals surface area contributed by atoms with E-state index in [9.17, 15) is 14.7 Å². The number of amides is 1. The zero-order valence-electron chi connectivity index (χ0n) is 10.5. The van der Waals surface area contributed by atoms with Crippen molar-refractivity contribution in [3.8, 4) is 5.75 Å². The molecule has 0 bridgehead atoms. The van der Waals surface area contributed by atoms with Crippen LogP contribution in [0.4, 0.5) is 0 Å². The first-order valence-corrected chi connectivity index (χ1v) is 7.00. The number of carboxylic acids is 1. The van der Waals surface area contributed by atoms with Gasteiger partial charge in [-0.2, -0.15) is 11.8 Å². The summed E-state index contributed by atoms with van der Waals surface area (Å²) in [6.07, 6.45) is 0.447. The first kappa shape index (κ1) is 13.7. The highest BCUT2D eigenvalue weighted by Gasteiger charge is 2.43. The van der Waals surface area contributed by atoms with Gasteiger partial charge in [0.2, 0.25) is 0 Å². The van der Waals surface area contributed by atoms with Gasteiger partial charge >= 0.3 is 5.97 Å². The van der Waals surface area contributed by atoms with E-state index >= 15 is 0 Å². The molecule has 102 valence electrons. The number of hydrogen-bond acceptors (Lipinski definition) is 4. The van der Waals surface area contributed by atoms with Crippen LogP contribution in [-0.4, -0.2) is 41.1 Å². The second kappa shape index (κ2) is 5.52. The highest BCUT2D eigenvalue weighted by atomic mass is 32.2. The minimum absolute atomic E-state index is 0.385. The second-order valence-electron chi connectivity index (χ2n) is 4.38. The number of nitrogens with one attached hydrogen (secondary N) is 1. The topological polar surface area (TPSA) is 75.6 Å². The molecule has 1 atom stereocenters. The van der Waals surface area contributed by atoms with Crippen molar-refractivity contribution in [3.63, 3.8) is 0 Å². The fourth-order valence-corrected chi connectivity index (χ4v) is 3.27. The maximum Gasteiger partial charge on any atom is 0.330 e. The van der Waals surface area contributed by atoms with Crippen LogP contribution in [0.3, 0.4) is 0 Å². The molecule has 5 nitrogen and oxygen atoms in total. The molecule has 0 unspecified atom stereocenters. The maximum atomic E-state index is 12.1. The summed E-state index contributed by atoms with van der Waals surface area (Å²) in [5.74, 6) is 0.346. The zero-order valence-corrected chi connectivity index (χ0v) is 11.3. The van der Waals surface area contributed by atoms with Crippen molar-refractivity contribution in [2.45, 2.75) is 12.0 Å². The zero-order chi connectivity index (χ0) is 13.9. The Hall–Kier alpha value is -1.69. The summed E-state index contributed by atoms with van der Waals surface area (Å²) < 4.78 is 5.05. The molecule has 2 N–H and O–H groups in total. The molecular weight excluding hydrogens is 266 g/mol. The van der Waals surface area contributed by atoms with Crippen molar-refractivity contribution < 1.29 is 19.4 Å². The third-order valence-corrected chi connectivity index (χ3v) is 4.31. The molecule has 1 aromatic carbocycles. The first-order chi connectivity index (χ1) is 9.07. The van der Waals surface area contributed by atoms with Gasteiger partial charge in [-0.3, -0.25) is 4.79 Å². The van der Waals surface area contributed by atoms with Gasteiger partial charge in [0.25, 0.3) is 5.91 Å². The van der Waals surface area contributed by atoms with Crippen molar-refractivity contribution in [2.24, 2.45) is 0 Å². The summed E-state index contributed by atoms with van der Waals surface area (Å²) >= 11 is 1.53. The lowest BCUT2D eigenvalue weighted by Crippen LogP contribution is -2.54. The molecule has 0 aliphatic carbocycles. The smallest absolute Gasteiger partial charge is 0.330 e. The number of thioether (sulfide) groups is 1. The van der Waals surface area contributed by atoms with Gasteiger partial charge in [0.15, 0.2) is 0 Å². The molecular formula is C13H15NO4S. The fraction of sp³-hybridized carbons (Fsp3) is 0.385. The Morgan fingerprint density at radius 3 is 2.84 bits per heavy atom. The average Bonchev–Trinajstić information content (AvgIpc) is 2.88. The van der Waals surface area contributed by atoms with E-state index in [0.717, 1.165) is 5.75 Å². The molecule has 0 radical (unpaired) electrons. The summed E-state index contributed by atoms with van der Waals surface area (Å²) in [4.78, 5) is 23.5. The molecule has 6 heteroatoms. The molecule has 19 heavy (non-hydrogen) atoms. The summed E-state index contributed by atoms with van der Waals surface area (Å²) in [6.45, 7) is 0. The quantitative estimate of drug-likeness (QED) is 0.872. The van der Waals surface area contributed by atoms with Gasteiger partial charge in [0.1, 0.15) is 11.3 Å². The van der Waals surface area contributed by atoms with E-state index in [1.165, 1.54) is 18.9 Å². The van der Waals surface area contributed by atoms with E-state index in [4.69, 9.17) is 4.74 Å². The normalized spacial score (nSPS) is 21.9. The Kier molecular flexibility index (Phi) is 3.99. The summed E-state index contributed by atoms with van der Waals surface area (Å²) in [6, 6.07) is 6.65. The van der Waals surface area contributed by atoms with E-state index in [2.05, 4.69) is 5.32 Å².